The van der Waals surface area contributed by atoms with E-state index in [1.807, 2.05) is 19.9 Å². The Bertz CT molecular complexity index is 576. The summed E-state index contributed by atoms with van der Waals surface area (Å²) < 4.78 is 0. The van der Waals surface area contributed by atoms with Gasteiger partial charge in [-0.2, -0.15) is 9.97 Å². The first-order valence-corrected chi connectivity index (χ1v) is 7.33. The fraction of sp³-hybridized carbons (Fsp3) is 0.533. The molecule has 1 aliphatic heterocycles. The molecule has 6 nitrogen and oxygen atoms in total. The van der Waals surface area contributed by atoms with Crippen molar-refractivity contribution in [1.82, 2.24) is 19.9 Å². The van der Waals surface area contributed by atoms with Crippen LogP contribution in [0.1, 0.15) is 30.5 Å². The number of hydrogen-bond donors (Lipinski definition) is 2. The van der Waals surface area contributed by atoms with Crippen LogP contribution < -0.4 is 11.5 Å². The summed E-state index contributed by atoms with van der Waals surface area (Å²) in [5, 5.41) is 0.782. The standard InChI is InChI=1S/C9H11N5.C6H13N/c1-4-3-5(2)12-8-6(4)7(10)13-9(11)14-8;1-7-5-3-2-4-6-7/h3H,1-2H3,(H4,10,11,12,13,14);2-6H2,1H3. The van der Waals surface area contributed by atoms with Crippen LogP contribution in [0.2, 0.25) is 0 Å². The van der Waals surface area contributed by atoms with Gasteiger partial charge in [0.2, 0.25) is 5.95 Å². The summed E-state index contributed by atoms with van der Waals surface area (Å²) in [5.41, 5.74) is 13.7. The first kappa shape index (κ1) is 15.4. The largest absolute Gasteiger partial charge is 0.383 e. The number of nitrogens with two attached hydrogens (primary N) is 2. The third-order valence-electron chi connectivity index (χ3n) is 3.62. The number of aryl methyl sites for hydroxylation is 2. The molecular weight excluding hydrogens is 264 g/mol. The van der Waals surface area contributed by atoms with Crippen molar-refractivity contribution < 1.29 is 0 Å². The Hall–Kier alpha value is -1.95. The molecule has 1 saturated heterocycles. The van der Waals surface area contributed by atoms with Crippen LogP contribution >= 0.6 is 0 Å². The molecule has 0 atom stereocenters. The van der Waals surface area contributed by atoms with Crippen molar-refractivity contribution >= 4 is 22.8 Å². The van der Waals surface area contributed by atoms with Crippen LogP contribution in [-0.2, 0) is 0 Å². The second-order valence-electron chi connectivity index (χ2n) is 5.61. The number of piperidine rings is 1. The predicted octanol–water partition coefficient (Wildman–Crippen LogP) is 1.91. The van der Waals surface area contributed by atoms with E-state index in [1.54, 1.807) is 0 Å². The van der Waals surface area contributed by atoms with Gasteiger partial charge >= 0.3 is 0 Å². The molecule has 0 saturated carbocycles. The van der Waals surface area contributed by atoms with Crippen molar-refractivity contribution in [3.05, 3.63) is 17.3 Å². The average molecular weight is 288 g/mol. The number of anilines is 2. The van der Waals surface area contributed by atoms with Crippen LogP contribution in [0.25, 0.3) is 11.0 Å². The van der Waals surface area contributed by atoms with E-state index in [4.69, 9.17) is 11.5 Å². The minimum atomic E-state index is 0.160. The lowest BCUT2D eigenvalue weighted by Crippen LogP contribution is -2.24. The van der Waals surface area contributed by atoms with Crippen molar-refractivity contribution in [2.75, 3.05) is 31.6 Å². The van der Waals surface area contributed by atoms with Gasteiger partial charge in [-0.1, -0.05) is 6.42 Å². The molecule has 2 aromatic rings. The normalized spacial score (nSPS) is 15.6. The fourth-order valence-corrected chi connectivity index (χ4v) is 2.58. The summed E-state index contributed by atoms with van der Waals surface area (Å²) in [5.74, 6) is 0.546. The minimum absolute atomic E-state index is 0.160. The number of pyridine rings is 1. The summed E-state index contributed by atoms with van der Waals surface area (Å²) in [6, 6.07) is 1.94. The molecule has 0 spiro atoms. The number of nitrogen functional groups attached to an aromatic ring is 2. The summed E-state index contributed by atoms with van der Waals surface area (Å²) >= 11 is 0. The van der Waals surface area contributed by atoms with E-state index in [1.165, 1.54) is 32.4 Å². The maximum absolute atomic E-state index is 5.74. The second-order valence-corrected chi connectivity index (χ2v) is 5.61. The lowest BCUT2D eigenvalue weighted by molar-refractivity contribution is 0.277. The monoisotopic (exact) mass is 288 g/mol. The van der Waals surface area contributed by atoms with E-state index in [0.29, 0.717) is 11.5 Å². The molecule has 0 bridgehead atoms. The quantitative estimate of drug-likeness (QED) is 0.769. The van der Waals surface area contributed by atoms with E-state index in [0.717, 1.165) is 16.6 Å². The highest BCUT2D eigenvalue weighted by atomic mass is 15.1. The molecule has 6 heteroatoms. The molecule has 3 rings (SSSR count). The number of rotatable bonds is 0. The van der Waals surface area contributed by atoms with Crippen molar-refractivity contribution in [1.29, 1.82) is 0 Å². The molecule has 0 unspecified atom stereocenters. The van der Waals surface area contributed by atoms with Crippen molar-refractivity contribution in [3.8, 4) is 0 Å². The topological polar surface area (TPSA) is 94.0 Å². The van der Waals surface area contributed by atoms with E-state index < -0.39 is 0 Å². The van der Waals surface area contributed by atoms with E-state index in [2.05, 4.69) is 26.9 Å². The Kier molecular flexibility index (Phi) is 4.90. The van der Waals surface area contributed by atoms with Crippen molar-refractivity contribution in [2.24, 2.45) is 0 Å². The van der Waals surface area contributed by atoms with Gasteiger partial charge in [-0.3, -0.25) is 0 Å². The molecule has 4 N–H and O–H groups in total. The molecule has 21 heavy (non-hydrogen) atoms. The van der Waals surface area contributed by atoms with Crippen LogP contribution in [-0.4, -0.2) is 40.0 Å². The number of fused-ring (bicyclic) bond motifs is 1. The van der Waals surface area contributed by atoms with Gasteiger partial charge in [-0.15, -0.1) is 0 Å². The van der Waals surface area contributed by atoms with Gasteiger partial charge < -0.3 is 16.4 Å². The predicted molar refractivity (Wildman–Crippen MR) is 87.0 cm³/mol. The number of hydrogen-bond acceptors (Lipinski definition) is 6. The van der Waals surface area contributed by atoms with Gasteiger partial charge in [-0.05, 0) is 58.5 Å². The van der Waals surface area contributed by atoms with E-state index in [9.17, 15) is 0 Å². The zero-order valence-electron chi connectivity index (χ0n) is 13.1. The highest BCUT2D eigenvalue weighted by molar-refractivity contribution is 5.89. The van der Waals surface area contributed by atoms with Crippen molar-refractivity contribution in [3.63, 3.8) is 0 Å². The Balaban J connectivity index is 0.000000194. The first-order chi connectivity index (χ1) is 9.97. The molecule has 0 radical (unpaired) electrons. The summed E-state index contributed by atoms with van der Waals surface area (Å²) in [6.45, 7) is 6.49. The Morgan fingerprint density at radius 1 is 1.00 bits per heavy atom. The van der Waals surface area contributed by atoms with Crippen LogP contribution in [0, 0.1) is 13.8 Å². The Morgan fingerprint density at radius 3 is 2.24 bits per heavy atom. The zero-order valence-corrected chi connectivity index (χ0v) is 13.1. The summed E-state index contributed by atoms with van der Waals surface area (Å²) in [7, 11) is 2.19. The minimum Gasteiger partial charge on any atom is -0.383 e. The van der Waals surface area contributed by atoms with Crippen LogP contribution in [0.15, 0.2) is 6.07 Å². The molecule has 1 fully saturated rings. The van der Waals surface area contributed by atoms with Crippen LogP contribution in [0.4, 0.5) is 11.8 Å². The third kappa shape index (κ3) is 4.01. The maximum Gasteiger partial charge on any atom is 0.224 e. The first-order valence-electron chi connectivity index (χ1n) is 7.33. The Morgan fingerprint density at radius 2 is 1.67 bits per heavy atom. The lowest BCUT2D eigenvalue weighted by atomic mass is 10.1. The molecule has 0 aliphatic carbocycles. The van der Waals surface area contributed by atoms with E-state index in [-0.39, 0.29) is 5.95 Å². The molecule has 2 aromatic heterocycles. The number of nitrogens with zero attached hydrogens (tertiary/aromatic N) is 4. The third-order valence-corrected chi connectivity index (χ3v) is 3.62. The SMILES string of the molecule is CN1CCCCC1.Cc1cc(C)c2c(N)nc(N)nc2n1. The van der Waals surface area contributed by atoms with Gasteiger partial charge in [0.25, 0.3) is 0 Å². The zero-order chi connectivity index (χ0) is 15.4. The van der Waals surface area contributed by atoms with Gasteiger partial charge in [-0.25, -0.2) is 4.98 Å². The number of aromatic nitrogens is 3. The van der Waals surface area contributed by atoms with Gasteiger partial charge in [0.1, 0.15) is 5.82 Å². The van der Waals surface area contributed by atoms with E-state index >= 15 is 0 Å². The molecule has 1 aliphatic rings. The molecule has 0 aromatic carbocycles. The second kappa shape index (κ2) is 6.67. The fourth-order valence-electron chi connectivity index (χ4n) is 2.58. The molecular formula is C15H24N6. The lowest BCUT2D eigenvalue weighted by Gasteiger charge is -2.20. The molecule has 114 valence electrons. The average Bonchev–Trinajstić information content (AvgIpc) is 2.38. The van der Waals surface area contributed by atoms with Crippen LogP contribution in [0.5, 0.6) is 0 Å². The Labute approximate surface area is 125 Å². The van der Waals surface area contributed by atoms with Crippen LogP contribution in [0.3, 0.4) is 0 Å². The summed E-state index contributed by atoms with van der Waals surface area (Å²) in [6.07, 6.45) is 4.28. The molecule has 0 amide bonds. The maximum atomic E-state index is 5.74. The van der Waals surface area contributed by atoms with Gasteiger partial charge in [0.05, 0.1) is 5.39 Å². The van der Waals surface area contributed by atoms with Crippen molar-refractivity contribution in [2.45, 2.75) is 33.1 Å². The smallest absolute Gasteiger partial charge is 0.224 e. The molecule has 3 heterocycles. The highest BCUT2D eigenvalue weighted by Crippen LogP contribution is 2.21. The number of likely N-dealkylation sites (tertiary alicyclic amines) is 1. The highest BCUT2D eigenvalue weighted by Gasteiger charge is 2.07. The summed E-state index contributed by atoms with van der Waals surface area (Å²) in [4.78, 5) is 14.6. The van der Waals surface area contributed by atoms with Gasteiger partial charge in [0.15, 0.2) is 5.65 Å². The van der Waals surface area contributed by atoms with Gasteiger partial charge in [0, 0.05) is 5.69 Å².